The van der Waals surface area contributed by atoms with Crippen molar-refractivity contribution in [3.63, 3.8) is 0 Å². The first-order valence-electron chi connectivity index (χ1n) is 11.4. The number of fused-ring (bicyclic) bond motifs is 2. The van der Waals surface area contributed by atoms with E-state index in [9.17, 15) is 0 Å². The Morgan fingerprint density at radius 2 is 1.67 bits per heavy atom. The van der Waals surface area contributed by atoms with Crippen LogP contribution in [0.15, 0.2) is 54.6 Å². The fourth-order valence-electron chi connectivity index (χ4n) is 5.58. The highest BCUT2D eigenvalue weighted by Gasteiger charge is 2.40. The topological polar surface area (TPSA) is 27.0 Å². The molecule has 2 heteroatoms. The van der Waals surface area contributed by atoms with E-state index in [0.29, 0.717) is 23.8 Å². The maximum Gasteiger partial charge on any atom is 0.0991 e. The van der Waals surface area contributed by atoms with E-state index in [-0.39, 0.29) is 0 Å². The van der Waals surface area contributed by atoms with Gasteiger partial charge in [-0.3, -0.25) is 4.90 Å². The van der Waals surface area contributed by atoms with Gasteiger partial charge in [0.15, 0.2) is 0 Å². The second-order valence-corrected chi connectivity index (χ2v) is 9.41. The van der Waals surface area contributed by atoms with Gasteiger partial charge >= 0.3 is 0 Å². The Hall–Kier alpha value is -2.63. The summed E-state index contributed by atoms with van der Waals surface area (Å²) in [7, 11) is 0. The molecule has 30 heavy (non-hydrogen) atoms. The lowest BCUT2D eigenvalue weighted by Crippen LogP contribution is -2.38. The fraction of sp³-hybridized carbons (Fsp3) is 0.393. The number of rotatable bonds is 4. The van der Waals surface area contributed by atoms with Gasteiger partial charge < -0.3 is 0 Å². The molecule has 3 aromatic rings. The molecule has 5 rings (SSSR count). The predicted octanol–water partition coefficient (Wildman–Crippen LogP) is 6.56. The summed E-state index contributed by atoms with van der Waals surface area (Å²) in [6.45, 7) is 9.33. The van der Waals surface area contributed by atoms with Crippen LogP contribution in [0.25, 0.3) is 10.8 Å². The maximum absolute atomic E-state index is 9.13. The highest BCUT2D eigenvalue weighted by molar-refractivity contribution is 5.84. The van der Waals surface area contributed by atoms with Gasteiger partial charge in [0, 0.05) is 12.6 Å². The Morgan fingerprint density at radius 1 is 0.967 bits per heavy atom. The molecule has 1 fully saturated rings. The van der Waals surface area contributed by atoms with Crippen molar-refractivity contribution in [3.8, 4) is 6.07 Å². The van der Waals surface area contributed by atoms with Crippen LogP contribution < -0.4 is 0 Å². The molecule has 1 heterocycles. The first-order chi connectivity index (χ1) is 14.6. The van der Waals surface area contributed by atoms with Crippen LogP contribution in [0, 0.1) is 17.2 Å². The van der Waals surface area contributed by atoms with E-state index in [2.05, 4.69) is 74.2 Å². The van der Waals surface area contributed by atoms with Crippen LogP contribution in [0.4, 0.5) is 0 Å². The molecule has 2 aliphatic rings. The van der Waals surface area contributed by atoms with Gasteiger partial charge in [-0.2, -0.15) is 5.26 Å². The predicted molar refractivity (Wildman–Crippen MR) is 124 cm³/mol. The van der Waals surface area contributed by atoms with Crippen molar-refractivity contribution in [1.29, 1.82) is 5.26 Å². The van der Waals surface area contributed by atoms with Gasteiger partial charge in [0.05, 0.1) is 11.6 Å². The number of likely N-dealkylation sites (N-methyl/N-ethyl adjacent to an activating group) is 1. The summed E-state index contributed by atoms with van der Waals surface area (Å²) in [6, 6.07) is 22.9. The van der Waals surface area contributed by atoms with Crippen molar-refractivity contribution in [3.05, 3.63) is 82.4 Å². The van der Waals surface area contributed by atoms with E-state index in [4.69, 9.17) is 5.26 Å². The van der Waals surface area contributed by atoms with Crippen molar-refractivity contribution < 1.29 is 0 Å². The molecular weight excluding hydrogens is 364 g/mol. The molecule has 3 aromatic carbocycles. The fourth-order valence-corrected chi connectivity index (χ4v) is 5.58. The van der Waals surface area contributed by atoms with Crippen molar-refractivity contribution >= 4 is 10.8 Å². The zero-order valence-corrected chi connectivity index (χ0v) is 18.2. The molecule has 152 valence electrons. The Morgan fingerprint density at radius 3 is 2.40 bits per heavy atom. The van der Waals surface area contributed by atoms with Gasteiger partial charge in [0.2, 0.25) is 0 Å². The molecule has 1 aliphatic heterocycles. The molecule has 2 nitrogen and oxygen atoms in total. The first kappa shape index (κ1) is 19.3. The van der Waals surface area contributed by atoms with Gasteiger partial charge in [-0.15, -0.1) is 0 Å². The second kappa shape index (κ2) is 7.56. The summed E-state index contributed by atoms with van der Waals surface area (Å²) in [5, 5.41) is 11.5. The van der Waals surface area contributed by atoms with E-state index in [0.717, 1.165) is 17.5 Å². The van der Waals surface area contributed by atoms with Crippen LogP contribution in [-0.2, 0) is 6.42 Å². The molecule has 3 unspecified atom stereocenters. The summed E-state index contributed by atoms with van der Waals surface area (Å²) in [5.41, 5.74) is 6.81. The van der Waals surface area contributed by atoms with E-state index < -0.39 is 0 Å². The number of benzene rings is 3. The Balaban J connectivity index is 1.43. The molecule has 0 aromatic heterocycles. The molecule has 0 radical (unpaired) electrons. The third kappa shape index (κ3) is 3.32. The number of nitrogens with zero attached hydrogens (tertiary/aromatic N) is 2. The molecule has 1 aliphatic carbocycles. The summed E-state index contributed by atoms with van der Waals surface area (Å²) >= 11 is 0. The van der Waals surface area contributed by atoms with Crippen LogP contribution in [0.5, 0.6) is 0 Å². The minimum Gasteiger partial charge on any atom is -0.296 e. The second-order valence-electron chi connectivity index (χ2n) is 9.41. The summed E-state index contributed by atoms with van der Waals surface area (Å²) in [4.78, 5) is 2.65. The molecule has 0 amide bonds. The number of nitriles is 1. The van der Waals surface area contributed by atoms with E-state index >= 15 is 0 Å². The van der Waals surface area contributed by atoms with Gasteiger partial charge in [0.25, 0.3) is 0 Å². The van der Waals surface area contributed by atoms with Gasteiger partial charge in [-0.05, 0) is 82.3 Å². The van der Waals surface area contributed by atoms with Crippen molar-refractivity contribution in [2.24, 2.45) is 5.92 Å². The summed E-state index contributed by atoms with van der Waals surface area (Å²) in [5.74, 6) is 1.88. The van der Waals surface area contributed by atoms with Gasteiger partial charge in [0.1, 0.15) is 0 Å². The highest BCUT2D eigenvalue weighted by atomic mass is 15.2. The quantitative estimate of drug-likeness (QED) is 0.501. The maximum atomic E-state index is 9.13. The lowest BCUT2D eigenvalue weighted by atomic mass is 9.84. The lowest BCUT2D eigenvalue weighted by Gasteiger charge is -2.39. The van der Waals surface area contributed by atoms with Crippen LogP contribution in [0.3, 0.4) is 0 Å². The monoisotopic (exact) mass is 394 g/mol. The SMILES string of the molecule is CCN1CCc2ccc(C3CC3c3ccc4cc(C#N)ccc4c3)cc2C1C(C)C. The van der Waals surface area contributed by atoms with Crippen molar-refractivity contribution in [2.45, 2.75) is 51.5 Å². The molecule has 0 bridgehead atoms. The number of hydrogen-bond acceptors (Lipinski definition) is 2. The normalized spacial score (nSPS) is 23.4. The smallest absolute Gasteiger partial charge is 0.0991 e. The molecule has 0 spiro atoms. The molecule has 0 saturated heterocycles. The summed E-state index contributed by atoms with van der Waals surface area (Å²) in [6.07, 6.45) is 2.42. The van der Waals surface area contributed by atoms with Crippen molar-refractivity contribution in [2.75, 3.05) is 13.1 Å². The molecular formula is C28H30N2. The average Bonchev–Trinajstić information content (AvgIpc) is 3.58. The van der Waals surface area contributed by atoms with Gasteiger partial charge in [-0.1, -0.05) is 63.2 Å². The van der Waals surface area contributed by atoms with E-state index in [1.165, 1.54) is 35.9 Å². The molecule has 1 saturated carbocycles. The average molecular weight is 395 g/mol. The third-order valence-electron chi connectivity index (χ3n) is 7.23. The van der Waals surface area contributed by atoms with Crippen LogP contribution in [0.1, 0.15) is 72.9 Å². The Labute approximate surface area is 180 Å². The first-order valence-corrected chi connectivity index (χ1v) is 11.4. The largest absolute Gasteiger partial charge is 0.296 e. The standard InChI is InChI=1S/C28H30N2/c1-4-30-12-11-20-7-9-24(15-27(20)28(30)18(2)3)26-16-25(26)23-10-8-21-13-19(17-29)5-6-22(21)14-23/h5-10,13-15,18,25-26,28H,4,11-12,16H2,1-3H3. The van der Waals surface area contributed by atoms with Gasteiger partial charge in [-0.25, -0.2) is 0 Å². The highest BCUT2D eigenvalue weighted by Crippen LogP contribution is 2.55. The summed E-state index contributed by atoms with van der Waals surface area (Å²) < 4.78 is 0. The molecule has 3 atom stereocenters. The zero-order chi connectivity index (χ0) is 20.8. The third-order valence-corrected chi connectivity index (χ3v) is 7.23. The minimum atomic E-state index is 0.547. The Bertz CT molecular complexity index is 1140. The van der Waals surface area contributed by atoms with E-state index in [1.54, 1.807) is 11.1 Å². The number of hydrogen-bond donors (Lipinski definition) is 0. The zero-order valence-electron chi connectivity index (χ0n) is 18.2. The van der Waals surface area contributed by atoms with E-state index in [1.807, 2.05) is 12.1 Å². The van der Waals surface area contributed by atoms with Crippen LogP contribution in [-0.4, -0.2) is 18.0 Å². The Kier molecular flexibility index (Phi) is 4.88. The molecule has 0 N–H and O–H groups in total. The lowest BCUT2D eigenvalue weighted by molar-refractivity contribution is 0.152. The van der Waals surface area contributed by atoms with Crippen LogP contribution >= 0.6 is 0 Å². The van der Waals surface area contributed by atoms with Crippen LogP contribution in [0.2, 0.25) is 0 Å². The minimum absolute atomic E-state index is 0.547. The van der Waals surface area contributed by atoms with Crippen molar-refractivity contribution in [1.82, 2.24) is 4.90 Å².